The number of likely N-dealkylation sites (tertiary alicyclic amines) is 1. The Bertz CT molecular complexity index is 1260. The van der Waals surface area contributed by atoms with Crippen molar-refractivity contribution in [1.29, 1.82) is 0 Å². The molecule has 9 N–H and O–H groups in total. The molecule has 13 nitrogen and oxygen atoms in total. The maximum absolute atomic E-state index is 13.5. The number of methoxy groups -OCH3 is 1. The highest BCUT2D eigenvalue weighted by Crippen LogP contribution is 2.22. The number of nitrogens with two attached hydrogens (primary N) is 2. The molecule has 3 rings (SSSR count). The number of hydrogen-bond donors (Lipinski definition) is 7. The van der Waals surface area contributed by atoms with Crippen LogP contribution in [0.5, 0.6) is 0 Å². The number of benzene rings is 2. The molecule has 1 aliphatic heterocycles. The summed E-state index contributed by atoms with van der Waals surface area (Å²) in [5.74, 6) is -0.262. The van der Waals surface area contributed by atoms with Gasteiger partial charge in [0.1, 0.15) is 0 Å². The van der Waals surface area contributed by atoms with Gasteiger partial charge in [0.25, 0.3) is 6.47 Å². The summed E-state index contributed by atoms with van der Waals surface area (Å²) < 4.78 is 4.25. The molecule has 2 aromatic carbocycles. The predicted molar refractivity (Wildman–Crippen MR) is 218 cm³/mol. The van der Waals surface area contributed by atoms with E-state index >= 15 is 0 Å². The van der Waals surface area contributed by atoms with Crippen LogP contribution in [-0.2, 0) is 36.8 Å². The van der Waals surface area contributed by atoms with Crippen molar-refractivity contribution < 1.29 is 29.0 Å². The molecule has 306 valence electrons. The number of nitrogens with zero attached hydrogens (tertiary/aromatic N) is 1. The van der Waals surface area contributed by atoms with Gasteiger partial charge in [-0.15, -0.1) is 0 Å². The van der Waals surface area contributed by atoms with Crippen molar-refractivity contribution in [3.63, 3.8) is 0 Å². The highest BCUT2D eigenvalue weighted by Gasteiger charge is 2.33. The Labute approximate surface area is 324 Å². The zero-order valence-corrected chi connectivity index (χ0v) is 33.9. The monoisotopic (exact) mass is 758 g/mol. The van der Waals surface area contributed by atoms with E-state index in [9.17, 15) is 14.4 Å². The number of carbonyl (C=O) groups is 4. The summed E-state index contributed by atoms with van der Waals surface area (Å²) in [6.07, 6.45) is 7.52. The second-order valence-electron chi connectivity index (χ2n) is 14.4. The summed E-state index contributed by atoms with van der Waals surface area (Å²) in [7, 11) is 7.12. The lowest BCUT2D eigenvalue weighted by Crippen LogP contribution is -2.53. The predicted octanol–water partition coefficient (Wildman–Crippen LogP) is 2.96. The van der Waals surface area contributed by atoms with Crippen LogP contribution in [0.25, 0.3) is 0 Å². The van der Waals surface area contributed by atoms with Gasteiger partial charge in [-0.1, -0.05) is 80.9 Å². The van der Waals surface area contributed by atoms with Crippen molar-refractivity contribution in [2.45, 2.75) is 95.8 Å². The number of amides is 3. The van der Waals surface area contributed by atoms with Gasteiger partial charge in [0.15, 0.2) is 0 Å². The maximum atomic E-state index is 13.5. The van der Waals surface area contributed by atoms with E-state index < -0.39 is 6.04 Å². The van der Waals surface area contributed by atoms with Crippen molar-refractivity contribution >= 4 is 24.7 Å². The van der Waals surface area contributed by atoms with E-state index in [1.807, 2.05) is 74.8 Å². The first-order chi connectivity index (χ1) is 25.8. The smallest absolute Gasteiger partial charge is 0.290 e. The first kappa shape index (κ1) is 50.1. The second-order valence-corrected chi connectivity index (χ2v) is 14.4. The molecular weight excluding hydrogens is 686 g/mol. The molecule has 0 aromatic heterocycles. The third kappa shape index (κ3) is 23.0. The minimum Gasteiger partial charge on any atom is -0.483 e. The molecule has 1 heterocycles. The topological polar surface area (TPSA) is 201 Å². The highest BCUT2D eigenvalue weighted by atomic mass is 16.4. The SMILES string of the molecule is CNCCCC[C@H](C)NC(=O)C(CC(C)C)[C@@H](Cc1ccccc1)NC(=O)C(N)Cc1ccccc1.CNCC[C@@]1(N)CCN(C=O)C1.COC.O=CO. The van der Waals surface area contributed by atoms with E-state index in [0.717, 1.165) is 69.3 Å². The average Bonchev–Trinajstić information content (AvgIpc) is 3.54. The molecule has 0 bridgehead atoms. The summed E-state index contributed by atoms with van der Waals surface area (Å²) in [6, 6.07) is 18.9. The van der Waals surface area contributed by atoms with E-state index in [1.54, 1.807) is 19.1 Å². The zero-order valence-electron chi connectivity index (χ0n) is 33.9. The van der Waals surface area contributed by atoms with Crippen molar-refractivity contribution in [2.75, 3.05) is 54.5 Å². The van der Waals surface area contributed by atoms with Crippen LogP contribution in [0.2, 0.25) is 0 Å². The average molecular weight is 758 g/mol. The fourth-order valence-corrected chi connectivity index (χ4v) is 6.15. The van der Waals surface area contributed by atoms with Crippen LogP contribution >= 0.6 is 0 Å². The van der Waals surface area contributed by atoms with Gasteiger partial charge in [0.05, 0.1) is 12.0 Å². The summed E-state index contributed by atoms with van der Waals surface area (Å²) in [5, 5.41) is 19.5. The Morgan fingerprint density at radius 2 is 1.43 bits per heavy atom. The lowest BCUT2D eigenvalue weighted by atomic mass is 9.85. The number of ether oxygens (including phenoxy) is 1. The quantitative estimate of drug-likeness (QED) is 0.0778. The Hall–Kier alpha value is -3.88. The molecule has 5 atom stereocenters. The number of nitrogens with one attached hydrogen (secondary N) is 4. The number of rotatable bonds is 20. The summed E-state index contributed by atoms with van der Waals surface area (Å²) in [5.41, 5.74) is 14.3. The minimum atomic E-state index is -0.681. The molecule has 3 amide bonds. The zero-order chi connectivity index (χ0) is 40.8. The lowest BCUT2D eigenvalue weighted by Gasteiger charge is -2.31. The molecule has 0 saturated carbocycles. The second kappa shape index (κ2) is 30.4. The molecule has 1 aliphatic rings. The Balaban J connectivity index is 0.00000128. The Morgan fingerprint density at radius 3 is 1.91 bits per heavy atom. The fourth-order valence-electron chi connectivity index (χ4n) is 6.15. The van der Waals surface area contributed by atoms with Crippen LogP contribution in [0.15, 0.2) is 60.7 Å². The molecule has 54 heavy (non-hydrogen) atoms. The Kier molecular flexibility index (Phi) is 28.3. The van der Waals surface area contributed by atoms with Crippen LogP contribution in [0.1, 0.15) is 70.4 Å². The van der Waals surface area contributed by atoms with Gasteiger partial charge in [-0.05, 0) is 96.1 Å². The van der Waals surface area contributed by atoms with Crippen LogP contribution in [0, 0.1) is 11.8 Å². The van der Waals surface area contributed by atoms with Gasteiger partial charge in [-0.2, -0.15) is 0 Å². The third-order valence-electron chi connectivity index (χ3n) is 8.95. The van der Waals surface area contributed by atoms with Crippen LogP contribution in [0.3, 0.4) is 0 Å². The molecule has 2 aromatic rings. The normalized spacial score (nSPS) is 16.8. The van der Waals surface area contributed by atoms with Crippen molar-refractivity contribution in [3.8, 4) is 0 Å². The number of carboxylic acid groups (broad SMARTS) is 1. The van der Waals surface area contributed by atoms with E-state index in [0.29, 0.717) is 31.7 Å². The minimum absolute atomic E-state index is 0.00248. The van der Waals surface area contributed by atoms with E-state index in [2.05, 4.69) is 46.8 Å². The molecule has 0 radical (unpaired) electrons. The lowest BCUT2D eigenvalue weighted by molar-refractivity contribution is -0.129. The summed E-state index contributed by atoms with van der Waals surface area (Å²) >= 11 is 0. The first-order valence-corrected chi connectivity index (χ1v) is 19.0. The molecule has 1 saturated heterocycles. The molecular formula is C41H71N7O6. The van der Waals surface area contributed by atoms with Gasteiger partial charge in [0.2, 0.25) is 18.2 Å². The van der Waals surface area contributed by atoms with Gasteiger partial charge < -0.3 is 47.5 Å². The highest BCUT2D eigenvalue weighted by molar-refractivity contribution is 5.84. The van der Waals surface area contributed by atoms with Crippen LogP contribution in [0.4, 0.5) is 0 Å². The van der Waals surface area contributed by atoms with E-state index in [1.165, 1.54) is 0 Å². The standard InChI is InChI=1S/C30H46N4O2.C8H17N3O.C2H6O.CH2O2/c1-22(2)19-26(29(35)33-23(3)13-11-12-18-32-4)28(21-25-16-9-6-10-17-25)34-30(36)27(31)20-24-14-7-5-8-15-24;1-10-4-2-8(9)3-5-11(6-8)7-12;1-3-2;2-1-3/h5-10,14-17,22-23,26-28,32H,11-13,18-21,31H2,1-4H3,(H,33,35)(H,34,36);7,10H,2-6,9H2,1H3;1-2H3;1H,(H,2,3)/t23-,26?,27?,28+;8-;;/m01../s1. The number of hydrogen-bond acceptors (Lipinski definition) is 9. The fraction of sp³-hybridized carbons (Fsp3) is 0.610. The maximum Gasteiger partial charge on any atom is 0.290 e. The molecule has 1 fully saturated rings. The molecule has 2 unspecified atom stereocenters. The summed E-state index contributed by atoms with van der Waals surface area (Å²) in [4.78, 5) is 47.3. The molecule has 13 heteroatoms. The van der Waals surface area contributed by atoms with Crippen LogP contribution in [-0.4, -0.2) is 113 Å². The van der Waals surface area contributed by atoms with Gasteiger partial charge >= 0.3 is 0 Å². The van der Waals surface area contributed by atoms with Crippen LogP contribution < -0.4 is 32.7 Å². The largest absolute Gasteiger partial charge is 0.483 e. The van der Waals surface area contributed by atoms with Crippen molar-refractivity contribution in [2.24, 2.45) is 23.3 Å². The van der Waals surface area contributed by atoms with Gasteiger partial charge in [-0.3, -0.25) is 19.2 Å². The van der Waals surface area contributed by atoms with Gasteiger partial charge in [0, 0.05) is 44.9 Å². The van der Waals surface area contributed by atoms with E-state index in [4.69, 9.17) is 21.4 Å². The first-order valence-electron chi connectivity index (χ1n) is 19.0. The Morgan fingerprint density at radius 1 is 0.889 bits per heavy atom. The van der Waals surface area contributed by atoms with E-state index in [-0.39, 0.29) is 41.8 Å². The van der Waals surface area contributed by atoms with Crippen molar-refractivity contribution in [3.05, 3.63) is 71.8 Å². The number of unbranched alkanes of at least 4 members (excludes halogenated alkanes) is 1. The van der Waals surface area contributed by atoms with Gasteiger partial charge in [-0.25, -0.2) is 0 Å². The molecule has 0 aliphatic carbocycles. The summed E-state index contributed by atoms with van der Waals surface area (Å²) in [6.45, 7) is 9.45. The third-order valence-corrected chi connectivity index (χ3v) is 8.95. The molecule has 0 spiro atoms. The van der Waals surface area contributed by atoms with Crippen molar-refractivity contribution in [1.82, 2.24) is 26.2 Å². The number of carbonyl (C=O) groups excluding carboxylic acids is 3.